The Labute approximate surface area is 95.1 Å². The summed E-state index contributed by atoms with van der Waals surface area (Å²) in [7, 11) is 0. The van der Waals surface area contributed by atoms with Gasteiger partial charge in [-0.2, -0.15) is 0 Å². The monoisotopic (exact) mass is 213 g/mol. The molecule has 1 radical (unpaired) electrons. The van der Waals surface area contributed by atoms with Crippen LogP contribution in [0.5, 0.6) is 5.75 Å². The molecule has 0 bridgehead atoms. The first-order valence-electron chi connectivity index (χ1n) is 5.25. The lowest BCUT2D eigenvalue weighted by Gasteiger charge is -2.10. The first-order valence-corrected chi connectivity index (χ1v) is 5.25. The van der Waals surface area contributed by atoms with Crippen molar-refractivity contribution in [2.75, 3.05) is 6.61 Å². The van der Waals surface area contributed by atoms with Crippen molar-refractivity contribution in [1.82, 2.24) is 0 Å². The van der Waals surface area contributed by atoms with E-state index in [4.69, 9.17) is 4.74 Å². The molecule has 0 aliphatic rings. The van der Waals surface area contributed by atoms with Crippen molar-refractivity contribution in [3.05, 3.63) is 66.2 Å². The summed E-state index contributed by atoms with van der Waals surface area (Å²) in [4.78, 5) is 0. The number of rotatable bonds is 4. The third kappa shape index (κ3) is 2.84. The average Bonchev–Trinajstić information content (AvgIpc) is 2.38. The van der Waals surface area contributed by atoms with Crippen LogP contribution in [-0.2, 0) is 5.11 Å². The average molecular weight is 213 g/mol. The predicted molar refractivity (Wildman–Crippen MR) is 61.8 cm³/mol. The summed E-state index contributed by atoms with van der Waals surface area (Å²) >= 11 is 0. The second-order valence-electron chi connectivity index (χ2n) is 3.52. The summed E-state index contributed by atoms with van der Waals surface area (Å²) in [6.07, 6.45) is -0.832. The highest BCUT2D eigenvalue weighted by atomic mass is 16.5. The standard InChI is InChI=1S/C14H13O2/c15-14(12-7-3-1-4-8-12)11-16-13-9-5-2-6-10-13/h1-10,14H,11H2. The van der Waals surface area contributed by atoms with E-state index in [0.29, 0.717) is 0 Å². The highest BCUT2D eigenvalue weighted by Gasteiger charge is 2.09. The molecule has 0 saturated carbocycles. The summed E-state index contributed by atoms with van der Waals surface area (Å²) in [5.74, 6) is 0.735. The third-order valence-corrected chi connectivity index (χ3v) is 2.32. The van der Waals surface area contributed by atoms with E-state index in [0.717, 1.165) is 11.3 Å². The molecule has 0 amide bonds. The van der Waals surface area contributed by atoms with Gasteiger partial charge >= 0.3 is 0 Å². The molecule has 0 spiro atoms. The zero-order valence-corrected chi connectivity index (χ0v) is 8.87. The summed E-state index contributed by atoms with van der Waals surface area (Å²) in [6.45, 7) is 0.161. The molecule has 2 rings (SSSR count). The topological polar surface area (TPSA) is 29.1 Å². The van der Waals surface area contributed by atoms with Crippen LogP contribution in [0.3, 0.4) is 0 Å². The van der Waals surface area contributed by atoms with Crippen LogP contribution in [0.4, 0.5) is 0 Å². The quantitative estimate of drug-likeness (QED) is 0.766. The van der Waals surface area contributed by atoms with Gasteiger partial charge in [0.1, 0.15) is 12.4 Å². The minimum atomic E-state index is -0.832. The van der Waals surface area contributed by atoms with Gasteiger partial charge in [0.2, 0.25) is 0 Å². The van der Waals surface area contributed by atoms with Crippen LogP contribution in [0.1, 0.15) is 11.7 Å². The van der Waals surface area contributed by atoms with Gasteiger partial charge in [-0.15, -0.1) is 0 Å². The highest BCUT2D eigenvalue weighted by Crippen LogP contribution is 2.15. The molecule has 1 unspecified atom stereocenters. The smallest absolute Gasteiger partial charge is 0.152 e. The lowest BCUT2D eigenvalue weighted by atomic mass is 10.1. The number of hydrogen-bond donors (Lipinski definition) is 0. The van der Waals surface area contributed by atoms with Gasteiger partial charge in [0.05, 0.1) is 0 Å². The maximum Gasteiger partial charge on any atom is 0.152 e. The van der Waals surface area contributed by atoms with Crippen molar-refractivity contribution in [3.8, 4) is 5.75 Å². The van der Waals surface area contributed by atoms with Crippen LogP contribution in [0.2, 0.25) is 0 Å². The van der Waals surface area contributed by atoms with Crippen molar-refractivity contribution in [1.29, 1.82) is 0 Å². The number of hydrogen-bond acceptors (Lipinski definition) is 1. The van der Waals surface area contributed by atoms with Gasteiger partial charge in [-0.25, -0.2) is 5.11 Å². The minimum Gasteiger partial charge on any atom is -0.490 e. The molecule has 16 heavy (non-hydrogen) atoms. The van der Waals surface area contributed by atoms with Gasteiger partial charge in [-0.3, -0.25) is 0 Å². The molecule has 0 fully saturated rings. The van der Waals surface area contributed by atoms with Crippen LogP contribution in [0.25, 0.3) is 0 Å². The van der Waals surface area contributed by atoms with Crippen LogP contribution in [0, 0.1) is 0 Å². The molecule has 0 aromatic heterocycles. The molecular formula is C14H13O2. The van der Waals surface area contributed by atoms with E-state index in [1.165, 1.54) is 0 Å². The molecule has 2 heteroatoms. The van der Waals surface area contributed by atoms with Gasteiger partial charge in [0, 0.05) is 0 Å². The van der Waals surface area contributed by atoms with Crippen molar-refractivity contribution in [2.45, 2.75) is 6.10 Å². The first kappa shape index (κ1) is 10.7. The SMILES string of the molecule is [O]C(COc1ccccc1)c1ccccc1. The largest absolute Gasteiger partial charge is 0.490 e. The van der Waals surface area contributed by atoms with Crippen LogP contribution in [-0.4, -0.2) is 6.61 Å². The predicted octanol–water partition coefficient (Wildman–Crippen LogP) is 3.24. The second kappa shape index (κ2) is 5.33. The van der Waals surface area contributed by atoms with Gasteiger partial charge in [0.25, 0.3) is 0 Å². The Morgan fingerprint density at radius 3 is 2.06 bits per heavy atom. The fraction of sp³-hybridized carbons (Fsp3) is 0.143. The lowest BCUT2D eigenvalue weighted by Crippen LogP contribution is -2.08. The van der Waals surface area contributed by atoms with E-state index in [-0.39, 0.29) is 6.61 Å². The Hall–Kier alpha value is -1.80. The Morgan fingerprint density at radius 1 is 0.875 bits per heavy atom. The molecule has 81 valence electrons. The zero-order valence-electron chi connectivity index (χ0n) is 8.87. The minimum absolute atomic E-state index is 0.161. The maximum atomic E-state index is 11.8. The van der Waals surface area contributed by atoms with Crippen LogP contribution < -0.4 is 4.74 Å². The summed E-state index contributed by atoms with van der Waals surface area (Å²) in [5.41, 5.74) is 0.762. The van der Waals surface area contributed by atoms with Gasteiger partial charge in [-0.05, 0) is 17.7 Å². The lowest BCUT2D eigenvalue weighted by molar-refractivity contribution is 0.0433. The number of benzene rings is 2. The summed E-state index contributed by atoms with van der Waals surface area (Å²) in [5, 5.41) is 11.8. The highest BCUT2D eigenvalue weighted by molar-refractivity contribution is 5.22. The molecule has 2 aromatic carbocycles. The molecule has 0 aliphatic heterocycles. The van der Waals surface area contributed by atoms with E-state index < -0.39 is 6.10 Å². The van der Waals surface area contributed by atoms with Crippen LogP contribution in [0.15, 0.2) is 60.7 Å². The van der Waals surface area contributed by atoms with Gasteiger partial charge in [-0.1, -0.05) is 48.5 Å². The van der Waals surface area contributed by atoms with E-state index in [1.807, 2.05) is 60.7 Å². The number of ether oxygens (including phenoxy) is 1. The van der Waals surface area contributed by atoms with E-state index >= 15 is 0 Å². The molecule has 0 saturated heterocycles. The van der Waals surface area contributed by atoms with Crippen LogP contribution >= 0.6 is 0 Å². The molecule has 2 nitrogen and oxygen atoms in total. The Balaban J connectivity index is 1.92. The first-order chi connectivity index (χ1) is 7.86. The zero-order chi connectivity index (χ0) is 11.2. The summed E-state index contributed by atoms with van der Waals surface area (Å²) < 4.78 is 5.41. The summed E-state index contributed by atoms with van der Waals surface area (Å²) in [6, 6.07) is 18.7. The fourth-order valence-corrected chi connectivity index (χ4v) is 1.45. The Morgan fingerprint density at radius 2 is 1.44 bits per heavy atom. The number of para-hydroxylation sites is 1. The molecule has 0 N–H and O–H groups in total. The van der Waals surface area contributed by atoms with E-state index in [9.17, 15) is 5.11 Å². The van der Waals surface area contributed by atoms with E-state index in [1.54, 1.807) is 0 Å². The Bertz CT molecular complexity index is 411. The van der Waals surface area contributed by atoms with Crippen molar-refractivity contribution in [2.24, 2.45) is 0 Å². The van der Waals surface area contributed by atoms with Gasteiger partial charge in [0.15, 0.2) is 6.10 Å². The van der Waals surface area contributed by atoms with Crippen molar-refractivity contribution < 1.29 is 9.84 Å². The molecule has 0 aliphatic carbocycles. The molecule has 0 heterocycles. The second-order valence-corrected chi connectivity index (χ2v) is 3.52. The van der Waals surface area contributed by atoms with E-state index in [2.05, 4.69) is 0 Å². The van der Waals surface area contributed by atoms with Crippen molar-refractivity contribution in [3.63, 3.8) is 0 Å². The van der Waals surface area contributed by atoms with Crippen molar-refractivity contribution >= 4 is 0 Å². The normalized spacial score (nSPS) is 12.1. The maximum absolute atomic E-state index is 11.8. The molecular weight excluding hydrogens is 200 g/mol. The molecule has 2 aromatic rings. The van der Waals surface area contributed by atoms with Gasteiger partial charge < -0.3 is 4.74 Å². The Kier molecular flexibility index (Phi) is 3.57. The molecule has 1 atom stereocenters. The fourth-order valence-electron chi connectivity index (χ4n) is 1.45. The third-order valence-electron chi connectivity index (χ3n) is 2.32.